The van der Waals surface area contributed by atoms with Crippen molar-refractivity contribution in [2.75, 3.05) is 0 Å². The summed E-state index contributed by atoms with van der Waals surface area (Å²) in [6, 6.07) is 5.54. The molecule has 74 valence electrons. The largest absolute Gasteiger partial charge is 0.549 e. The minimum absolute atomic E-state index is 0.0394. The maximum Gasteiger partial charge on any atom is 0.0632 e. The van der Waals surface area contributed by atoms with Crippen molar-refractivity contribution >= 4 is 23.5 Å². The summed E-state index contributed by atoms with van der Waals surface area (Å²) >= 11 is 5.57. The monoisotopic (exact) mass is 212 g/mol. The third-order valence-corrected chi connectivity index (χ3v) is 1.89. The number of hydrogen-bond donors (Lipinski definition) is 0. The molecule has 0 unspecified atom stereocenters. The number of benzene rings is 1. The standard InChI is InChI=1S/C9H7ClO4/c10-6-3-1-2-5(4-6)7(8(11)12)9(13)14/h1-4,7H,(H,11,12)(H,13,14)/p-2. The van der Waals surface area contributed by atoms with Crippen LogP contribution >= 0.6 is 11.6 Å². The van der Waals surface area contributed by atoms with Crippen molar-refractivity contribution in [1.82, 2.24) is 0 Å². The van der Waals surface area contributed by atoms with Gasteiger partial charge in [-0.05, 0) is 17.7 Å². The van der Waals surface area contributed by atoms with E-state index in [4.69, 9.17) is 11.6 Å². The van der Waals surface area contributed by atoms with E-state index in [1.807, 2.05) is 0 Å². The van der Waals surface area contributed by atoms with Gasteiger partial charge in [-0.15, -0.1) is 0 Å². The summed E-state index contributed by atoms with van der Waals surface area (Å²) in [5.41, 5.74) is 0.0394. The van der Waals surface area contributed by atoms with Crippen LogP contribution in [-0.4, -0.2) is 11.9 Å². The maximum atomic E-state index is 10.5. The Morgan fingerprint density at radius 3 is 2.21 bits per heavy atom. The Morgan fingerprint density at radius 1 is 1.21 bits per heavy atom. The minimum atomic E-state index is -1.78. The van der Waals surface area contributed by atoms with Gasteiger partial charge in [0.1, 0.15) is 0 Å². The molecule has 0 spiro atoms. The Balaban J connectivity index is 3.12. The number of rotatable bonds is 3. The van der Waals surface area contributed by atoms with Gasteiger partial charge in [-0.3, -0.25) is 0 Å². The molecule has 0 fully saturated rings. The average Bonchev–Trinajstić information content (AvgIpc) is 2.02. The van der Waals surface area contributed by atoms with Gasteiger partial charge in [0.05, 0.1) is 17.9 Å². The summed E-state index contributed by atoms with van der Waals surface area (Å²) in [5.74, 6) is -5.21. The molecule has 0 aliphatic heterocycles. The molecule has 0 amide bonds. The van der Waals surface area contributed by atoms with Gasteiger partial charge in [-0.1, -0.05) is 23.7 Å². The highest BCUT2D eigenvalue weighted by Crippen LogP contribution is 2.18. The van der Waals surface area contributed by atoms with Crippen molar-refractivity contribution in [3.05, 3.63) is 34.9 Å². The van der Waals surface area contributed by atoms with Crippen molar-refractivity contribution in [3.63, 3.8) is 0 Å². The smallest absolute Gasteiger partial charge is 0.0632 e. The van der Waals surface area contributed by atoms with Gasteiger partial charge in [0.25, 0.3) is 0 Å². The lowest BCUT2D eigenvalue weighted by Gasteiger charge is -2.19. The number of carbonyl (C=O) groups is 2. The van der Waals surface area contributed by atoms with Crippen LogP contribution < -0.4 is 10.2 Å². The molecule has 4 nitrogen and oxygen atoms in total. The van der Waals surface area contributed by atoms with Crippen LogP contribution in [0.2, 0.25) is 5.02 Å². The molecule has 0 heterocycles. The van der Waals surface area contributed by atoms with E-state index in [9.17, 15) is 19.8 Å². The first kappa shape index (κ1) is 10.5. The predicted molar refractivity (Wildman–Crippen MR) is 44.2 cm³/mol. The molecule has 0 bridgehead atoms. The molecule has 1 aromatic rings. The van der Waals surface area contributed by atoms with Crippen molar-refractivity contribution in [2.24, 2.45) is 0 Å². The summed E-state index contributed by atoms with van der Waals surface area (Å²) in [4.78, 5) is 21.0. The highest BCUT2D eigenvalue weighted by molar-refractivity contribution is 6.30. The lowest BCUT2D eigenvalue weighted by molar-refractivity contribution is -0.326. The molecule has 14 heavy (non-hydrogen) atoms. The van der Waals surface area contributed by atoms with Crippen LogP contribution in [0.25, 0.3) is 0 Å². The minimum Gasteiger partial charge on any atom is -0.549 e. The van der Waals surface area contributed by atoms with Crippen LogP contribution in [0.4, 0.5) is 0 Å². The highest BCUT2D eigenvalue weighted by atomic mass is 35.5. The van der Waals surface area contributed by atoms with E-state index in [1.54, 1.807) is 0 Å². The predicted octanol–water partition coefficient (Wildman–Crippen LogP) is -1.08. The molecule has 0 saturated heterocycles. The van der Waals surface area contributed by atoms with Crippen molar-refractivity contribution < 1.29 is 19.8 Å². The maximum absolute atomic E-state index is 10.5. The number of hydrogen-bond acceptors (Lipinski definition) is 4. The summed E-state index contributed by atoms with van der Waals surface area (Å²) in [6.45, 7) is 0. The fraction of sp³-hybridized carbons (Fsp3) is 0.111. The zero-order chi connectivity index (χ0) is 10.7. The van der Waals surface area contributed by atoms with E-state index in [2.05, 4.69) is 0 Å². The van der Waals surface area contributed by atoms with Crippen molar-refractivity contribution in [1.29, 1.82) is 0 Å². The molecule has 0 saturated carbocycles. The lowest BCUT2D eigenvalue weighted by Crippen LogP contribution is -2.41. The van der Waals surface area contributed by atoms with Crippen LogP contribution in [0.5, 0.6) is 0 Å². The lowest BCUT2D eigenvalue weighted by atomic mass is 10.00. The van der Waals surface area contributed by atoms with E-state index in [0.29, 0.717) is 0 Å². The molecule has 5 heteroatoms. The van der Waals surface area contributed by atoms with Gasteiger partial charge in [-0.25, -0.2) is 0 Å². The Kier molecular flexibility index (Phi) is 3.09. The molecular weight excluding hydrogens is 208 g/mol. The molecule has 0 aliphatic carbocycles. The first-order valence-electron chi connectivity index (χ1n) is 3.69. The molecule has 0 atom stereocenters. The molecule has 0 aliphatic rings. The number of halogens is 1. The molecule has 0 aromatic heterocycles. The van der Waals surface area contributed by atoms with Crippen LogP contribution in [0.1, 0.15) is 11.5 Å². The topological polar surface area (TPSA) is 80.3 Å². The first-order chi connectivity index (χ1) is 6.52. The molecule has 0 N–H and O–H groups in total. The molecule has 1 rings (SSSR count). The van der Waals surface area contributed by atoms with Crippen LogP contribution in [0, 0.1) is 0 Å². The number of carbonyl (C=O) groups excluding carboxylic acids is 2. The molecule has 1 aromatic carbocycles. The normalized spacial score (nSPS) is 10.1. The zero-order valence-electron chi connectivity index (χ0n) is 6.90. The van der Waals surface area contributed by atoms with Gasteiger partial charge in [0.2, 0.25) is 0 Å². The van der Waals surface area contributed by atoms with E-state index >= 15 is 0 Å². The van der Waals surface area contributed by atoms with E-state index in [-0.39, 0.29) is 10.6 Å². The summed E-state index contributed by atoms with van der Waals surface area (Å²) in [7, 11) is 0. The zero-order valence-corrected chi connectivity index (χ0v) is 7.65. The second-order valence-corrected chi connectivity index (χ2v) is 3.06. The van der Waals surface area contributed by atoms with Gasteiger partial charge in [-0.2, -0.15) is 0 Å². The fourth-order valence-corrected chi connectivity index (χ4v) is 1.25. The molecule has 0 radical (unpaired) electrons. The number of carboxylic acids is 2. The second kappa shape index (κ2) is 4.11. The van der Waals surface area contributed by atoms with E-state index in [0.717, 1.165) is 0 Å². The third kappa shape index (κ3) is 2.23. The molecular formula is C9H5ClO4-2. The Hall–Kier alpha value is -1.55. The Morgan fingerprint density at radius 2 is 1.79 bits per heavy atom. The quantitative estimate of drug-likeness (QED) is 0.597. The van der Waals surface area contributed by atoms with E-state index < -0.39 is 17.9 Å². The summed E-state index contributed by atoms with van der Waals surface area (Å²) < 4.78 is 0. The van der Waals surface area contributed by atoms with Gasteiger partial charge < -0.3 is 19.8 Å². The van der Waals surface area contributed by atoms with Gasteiger partial charge in [0.15, 0.2) is 0 Å². The number of aliphatic carboxylic acids is 2. The van der Waals surface area contributed by atoms with Crippen LogP contribution in [0.3, 0.4) is 0 Å². The van der Waals surface area contributed by atoms with Gasteiger partial charge in [0, 0.05) is 5.02 Å². The first-order valence-corrected chi connectivity index (χ1v) is 4.07. The van der Waals surface area contributed by atoms with Crippen LogP contribution in [0.15, 0.2) is 24.3 Å². The van der Waals surface area contributed by atoms with Crippen molar-refractivity contribution in [2.45, 2.75) is 5.92 Å². The average molecular weight is 213 g/mol. The second-order valence-electron chi connectivity index (χ2n) is 2.63. The third-order valence-electron chi connectivity index (χ3n) is 1.65. The fourth-order valence-electron chi connectivity index (χ4n) is 1.05. The summed E-state index contributed by atoms with van der Waals surface area (Å²) in [6.07, 6.45) is 0. The number of carboxylic acid groups (broad SMARTS) is 2. The highest BCUT2D eigenvalue weighted by Gasteiger charge is 2.13. The Labute approximate surface area is 84.7 Å². The van der Waals surface area contributed by atoms with Gasteiger partial charge >= 0.3 is 0 Å². The van der Waals surface area contributed by atoms with Crippen molar-refractivity contribution in [3.8, 4) is 0 Å². The Bertz CT molecular complexity index is 361. The summed E-state index contributed by atoms with van der Waals surface area (Å²) in [5, 5.41) is 21.2. The SMILES string of the molecule is O=C([O-])C(C(=O)[O-])c1cccc(Cl)c1. The van der Waals surface area contributed by atoms with E-state index in [1.165, 1.54) is 24.3 Å². The van der Waals surface area contributed by atoms with Crippen LogP contribution in [-0.2, 0) is 9.59 Å².